The second-order valence-electron chi connectivity index (χ2n) is 6.69. The largest absolute Gasteiger partial charge is 0.481 e. The first kappa shape index (κ1) is 18.9. The molecule has 1 amide bonds. The average Bonchev–Trinajstić information content (AvgIpc) is 2.95. The van der Waals surface area contributed by atoms with Crippen molar-refractivity contribution in [3.8, 4) is 0 Å². The summed E-state index contributed by atoms with van der Waals surface area (Å²) in [5.74, 6) is -1.01. The molecule has 5 nitrogen and oxygen atoms in total. The van der Waals surface area contributed by atoms with E-state index in [0.29, 0.717) is 32.4 Å². The van der Waals surface area contributed by atoms with Crippen molar-refractivity contribution >= 4 is 27.8 Å². The van der Waals surface area contributed by atoms with Gasteiger partial charge in [0, 0.05) is 37.2 Å². The van der Waals surface area contributed by atoms with Gasteiger partial charge < -0.3 is 14.7 Å². The molecular formula is C18H24BrNO4. The molecule has 0 radical (unpaired) electrons. The molecule has 1 N–H and O–H groups in total. The van der Waals surface area contributed by atoms with Crippen LogP contribution in [-0.4, -0.2) is 48.7 Å². The quantitative estimate of drug-likeness (QED) is 0.767. The predicted molar refractivity (Wildman–Crippen MR) is 94.8 cm³/mol. The number of nitrogens with zero attached hydrogens (tertiary/aromatic N) is 1. The maximum atomic E-state index is 12.9. The van der Waals surface area contributed by atoms with Gasteiger partial charge in [0.25, 0.3) is 0 Å². The third kappa shape index (κ3) is 4.57. The molecule has 1 saturated heterocycles. The predicted octanol–water partition coefficient (Wildman–Crippen LogP) is 2.97. The van der Waals surface area contributed by atoms with E-state index in [2.05, 4.69) is 15.9 Å². The van der Waals surface area contributed by atoms with E-state index >= 15 is 0 Å². The van der Waals surface area contributed by atoms with Gasteiger partial charge in [-0.1, -0.05) is 28.1 Å². The number of carboxylic acids is 1. The number of halogens is 1. The molecule has 1 aromatic rings. The van der Waals surface area contributed by atoms with Gasteiger partial charge in [-0.25, -0.2) is 0 Å². The van der Waals surface area contributed by atoms with Crippen LogP contribution in [0.2, 0.25) is 0 Å². The highest BCUT2D eigenvalue weighted by Crippen LogP contribution is 2.32. The highest BCUT2D eigenvalue weighted by molar-refractivity contribution is 9.10. The topological polar surface area (TPSA) is 66.8 Å². The molecule has 2 unspecified atom stereocenters. The van der Waals surface area contributed by atoms with Gasteiger partial charge in [-0.3, -0.25) is 9.59 Å². The van der Waals surface area contributed by atoms with Crippen LogP contribution in [0.3, 0.4) is 0 Å². The molecule has 6 heteroatoms. The summed E-state index contributed by atoms with van der Waals surface area (Å²) in [5, 5.41) is 9.35. The molecule has 0 aromatic heterocycles. The van der Waals surface area contributed by atoms with Crippen LogP contribution in [0.5, 0.6) is 0 Å². The molecule has 2 rings (SSSR count). The Balaban J connectivity index is 2.09. The molecule has 1 aliphatic heterocycles. The fourth-order valence-corrected chi connectivity index (χ4v) is 3.55. The number of carboxylic acid groups (broad SMARTS) is 1. The van der Waals surface area contributed by atoms with Crippen LogP contribution in [0.1, 0.15) is 25.3 Å². The first-order valence-electron chi connectivity index (χ1n) is 8.11. The molecule has 1 aromatic carbocycles. The SMILES string of the molecule is COCCC(Cc1cccc(Br)c1)C(=O)N1CCC(C)(C(=O)O)C1. The summed E-state index contributed by atoms with van der Waals surface area (Å²) in [7, 11) is 1.62. The van der Waals surface area contributed by atoms with E-state index in [0.717, 1.165) is 10.0 Å². The summed E-state index contributed by atoms with van der Waals surface area (Å²) in [6.45, 7) is 3.00. The summed E-state index contributed by atoms with van der Waals surface area (Å²) in [6.07, 6.45) is 1.76. The minimum absolute atomic E-state index is 0.0250. The van der Waals surface area contributed by atoms with Crippen molar-refractivity contribution in [3.05, 3.63) is 34.3 Å². The number of likely N-dealkylation sites (tertiary alicyclic amines) is 1. The number of rotatable bonds is 7. The molecular weight excluding hydrogens is 374 g/mol. The van der Waals surface area contributed by atoms with Crippen molar-refractivity contribution in [2.24, 2.45) is 11.3 Å². The lowest BCUT2D eigenvalue weighted by molar-refractivity contribution is -0.147. The Morgan fingerprint density at radius 1 is 1.46 bits per heavy atom. The number of methoxy groups -OCH3 is 1. The number of hydrogen-bond donors (Lipinski definition) is 1. The molecule has 1 aliphatic rings. The van der Waals surface area contributed by atoms with Crippen LogP contribution in [0.4, 0.5) is 0 Å². The number of benzene rings is 1. The Kier molecular flexibility index (Phi) is 6.40. The number of ether oxygens (including phenoxy) is 1. The molecule has 132 valence electrons. The summed E-state index contributed by atoms with van der Waals surface area (Å²) in [4.78, 5) is 26.0. The van der Waals surface area contributed by atoms with Gasteiger partial charge in [0.05, 0.1) is 5.41 Å². The van der Waals surface area contributed by atoms with Crippen LogP contribution in [0.25, 0.3) is 0 Å². The van der Waals surface area contributed by atoms with Gasteiger partial charge in [0.2, 0.25) is 5.91 Å². The van der Waals surface area contributed by atoms with Gasteiger partial charge in [0.1, 0.15) is 0 Å². The smallest absolute Gasteiger partial charge is 0.311 e. The lowest BCUT2D eigenvalue weighted by atomic mass is 9.90. The van der Waals surface area contributed by atoms with Crippen LogP contribution in [0.15, 0.2) is 28.7 Å². The standard InChI is InChI=1S/C18H24BrNO4/c1-18(17(22)23)7-8-20(12-18)16(21)14(6-9-24-2)10-13-4-3-5-15(19)11-13/h3-5,11,14H,6-10,12H2,1-2H3,(H,22,23). The Morgan fingerprint density at radius 2 is 2.21 bits per heavy atom. The first-order chi connectivity index (χ1) is 11.4. The fourth-order valence-electron chi connectivity index (χ4n) is 3.10. The minimum Gasteiger partial charge on any atom is -0.481 e. The number of hydrogen-bond acceptors (Lipinski definition) is 3. The minimum atomic E-state index is -0.836. The van der Waals surface area contributed by atoms with E-state index in [-0.39, 0.29) is 18.4 Å². The lowest BCUT2D eigenvalue weighted by Crippen LogP contribution is -2.39. The van der Waals surface area contributed by atoms with Crippen molar-refractivity contribution in [2.75, 3.05) is 26.8 Å². The van der Waals surface area contributed by atoms with E-state index < -0.39 is 11.4 Å². The average molecular weight is 398 g/mol. The Hall–Kier alpha value is -1.40. The zero-order valence-corrected chi connectivity index (χ0v) is 15.7. The maximum absolute atomic E-state index is 12.9. The van der Waals surface area contributed by atoms with E-state index in [1.54, 1.807) is 18.9 Å². The maximum Gasteiger partial charge on any atom is 0.311 e. The van der Waals surface area contributed by atoms with Gasteiger partial charge in [-0.2, -0.15) is 0 Å². The highest BCUT2D eigenvalue weighted by atomic mass is 79.9. The van der Waals surface area contributed by atoms with E-state index in [9.17, 15) is 14.7 Å². The number of aliphatic carboxylic acids is 1. The summed E-state index contributed by atoms with van der Waals surface area (Å²) >= 11 is 3.45. The van der Waals surface area contributed by atoms with E-state index in [4.69, 9.17) is 4.74 Å². The van der Waals surface area contributed by atoms with Crippen molar-refractivity contribution in [1.82, 2.24) is 4.90 Å². The van der Waals surface area contributed by atoms with E-state index in [1.165, 1.54) is 0 Å². The fraction of sp³-hybridized carbons (Fsp3) is 0.556. The van der Waals surface area contributed by atoms with Crippen molar-refractivity contribution in [3.63, 3.8) is 0 Å². The first-order valence-corrected chi connectivity index (χ1v) is 8.90. The van der Waals surface area contributed by atoms with Crippen LogP contribution >= 0.6 is 15.9 Å². The van der Waals surface area contributed by atoms with Crippen molar-refractivity contribution < 1.29 is 19.4 Å². The third-order valence-electron chi connectivity index (χ3n) is 4.69. The van der Waals surface area contributed by atoms with Gasteiger partial charge in [-0.15, -0.1) is 0 Å². The molecule has 0 spiro atoms. The highest BCUT2D eigenvalue weighted by Gasteiger charge is 2.43. The Morgan fingerprint density at radius 3 is 2.79 bits per heavy atom. The Bertz CT molecular complexity index is 606. The van der Waals surface area contributed by atoms with Crippen LogP contribution in [0, 0.1) is 11.3 Å². The lowest BCUT2D eigenvalue weighted by Gasteiger charge is -2.25. The van der Waals surface area contributed by atoms with Crippen LogP contribution in [-0.2, 0) is 20.7 Å². The third-order valence-corrected chi connectivity index (χ3v) is 5.19. The number of carbonyl (C=O) groups excluding carboxylic acids is 1. The molecule has 1 fully saturated rings. The summed E-state index contributed by atoms with van der Waals surface area (Å²) in [5.41, 5.74) is 0.246. The summed E-state index contributed by atoms with van der Waals surface area (Å²) < 4.78 is 6.14. The molecule has 2 atom stereocenters. The second kappa shape index (κ2) is 8.12. The normalized spacial score (nSPS) is 21.7. The number of carbonyl (C=O) groups is 2. The number of amides is 1. The van der Waals surface area contributed by atoms with Gasteiger partial charge >= 0.3 is 5.97 Å². The van der Waals surface area contributed by atoms with Crippen molar-refractivity contribution in [2.45, 2.75) is 26.2 Å². The molecule has 24 heavy (non-hydrogen) atoms. The molecule has 1 heterocycles. The Labute approximate surface area is 151 Å². The molecule has 0 aliphatic carbocycles. The monoisotopic (exact) mass is 397 g/mol. The van der Waals surface area contributed by atoms with Crippen molar-refractivity contribution in [1.29, 1.82) is 0 Å². The van der Waals surface area contributed by atoms with Gasteiger partial charge in [0.15, 0.2) is 0 Å². The zero-order chi connectivity index (χ0) is 17.7. The molecule has 0 saturated carbocycles. The van der Waals surface area contributed by atoms with Gasteiger partial charge in [-0.05, 0) is 43.9 Å². The second-order valence-corrected chi connectivity index (χ2v) is 7.60. The molecule has 0 bridgehead atoms. The van der Waals surface area contributed by atoms with Crippen LogP contribution < -0.4 is 0 Å². The van der Waals surface area contributed by atoms with E-state index in [1.807, 2.05) is 24.3 Å². The summed E-state index contributed by atoms with van der Waals surface area (Å²) in [6, 6.07) is 7.92. The zero-order valence-electron chi connectivity index (χ0n) is 14.1.